The van der Waals surface area contributed by atoms with Crippen molar-refractivity contribution in [3.63, 3.8) is 0 Å². The van der Waals surface area contributed by atoms with Gasteiger partial charge in [0.1, 0.15) is 17.3 Å². The summed E-state index contributed by atoms with van der Waals surface area (Å²) in [5.41, 5.74) is 1.98. The van der Waals surface area contributed by atoms with E-state index in [0.29, 0.717) is 22.6 Å². The Hall–Kier alpha value is -4.39. The molecule has 4 aromatic carbocycles. The number of hydrogen-bond acceptors (Lipinski definition) is 4. The number of halogens is 1. The van der Waals surface area contributed by atoms with Crippen molar-refractivity contribution in [3.8, 4) is 11.5 Å². The van der Waals surface area contributed by atoms with Crippen LogP contribution in [0.5, 0.6) is 11.5 Å². The van der Waals surface area contributed by atoms with Gasteiger partial charge in [0, 0.05) is 6.54 Å². The first-order valence-electron chi connectivity index (χ1n) is 11.1. The minimum Gasteiger partial charge on any atom is -0.495 e. The lowest BCUT2D eigenvalue weighted by atomic mass is 10.1. The van der Waals surface area contributed by atoms with Crippen LogP contribution in [0.2, 0.25) is 0 Å². The number of rotatable bonds is 8. The van der Waals surface area contributed by atoms with Gasteiger partial charge in [-0.05, 0) is 59.2 Å². The first kappa shape index (κ1) is 23.8. The van der Waals surface area contributed by atoms with Gasteiger partial charge < -0.3 is 20.1 Å². The molecule has 4 aromatic rings. The van der Waals surface area contributed by atoms with E-state index in [-0.39, 0.29) is 30.3 Å². The highest BCUT2D eigenvalue weighted by atomic mass is 19.1. The standard InChI is InChI=1S/C28H25FN2O4/c1-18-11-12-19(13-23(18)29)16-30-27(32)17-35-26-15-21-8-4-3-7-20(21)14-22(26)28(33)31-24-9-5-6-10-25(24)34-2/h3-15H,16-17H2,1-2H3,(H,30,32)(H,31,33). The molecule has 0 spiro atoms. The first-order valence-corrected chi connectivity index (χ1v) is 11.1. The molecule has 2 N–H and O–H groups in total. The number of fused-ring (bicyclic) bond motifs is 1. The molecule has 178 valence electrons. The number of ether oxygens (including phenoxy) is 2. The minimum atomic E-state index is -0.397. The molecule has 0 bridgehead atoms. The average Bonchev–Trinajstić information content (AvgIpc) is 2.87. The largest absolute Gasteiger partial charge is 0.495 e. The smallest absolute Gasteiger partial charge is 0.259 e. The molecule has 0 saturated heterocycles. The Labute approximate surface area is 202 Å². The fourth-order valence-electron chi connectivity index (χ4n) is 3.60. The molecule has 0 unspecified atom stereocenters. The van der Waals surface area contributed by atoms with Crippen LogP contribution in [0.1, 0.15) is 21.5 Å². The highest BCUT2D eigenvalue weighted by molar-refractivity contribution is 6.09. The van der Waals surface area contributed by atoms with Crippen molar-refractivity contribution in [1.29, 1.82) is 0 Å². The molecule has 2 amide bonds. The van der Waals surface area contributed by atoms with Crippen LogP contribution in [0.3, 0.4) is 0 Å². The monoisotopic (exact) mass is 472 g/mol. The van der Waals surface area contributed by atoms with E-state index in [2.05, 4.69) is 10.6 Å². The van der Waals surface area contributed by atoms with Gasteiger partial charge in [-0.2, -0.15) is 0 Å². The molecule has 0 aliphatic carbocycles. The number of para-hydroxylation sites is 2. The summed E-state index contributed by atoms with van der Waals surface area (Å²) in [6.07, 6.45) is 0. The molecule has 7 heteroatoms. The van der Waals surface area contributed by atoms with Crippen LogP contribution in [0, 0.1) is 12.7 Å². The van der Waals surface area contributed by atoms with Crippen molar-refractivity contribution in [2.45, 2.75) is 13.5 Å². The molecule has 0 aromatic heterocycles. The summed E-state index contributed by atoms with van der Waals surface area (Å²) in [5, 5.41) is 7.28. The van der Waals surface area contributed by atoms with Gasteiger partial charge in [-0.3, -0.25) is 9.59 Å². The molecule has 6 nitrogen and oxygen atoms in total. The number of nitrogens with one attached hydrogen (secondary N) is 2. The average molecular weight is 473 g/mol. The van der Waals surface area contributed by atoms with Gasteiger partial charge in [-0.1, -0.05) is 48.5 Å². The van der Waals surface area contributed by atoms with Gasteiger partial charge >= 0.3 is 0 Å². The summed E-state index contributed by atoms with van der Waals surface area (Å²) in [6, 6.07) is 22.9. The molecular weight excluding hydrogens is 447 g/mol. The third-order valence-electron chi connectivity index (χ3n) is 5.53. The van der Waals surface area contributed by atoms with Crippen molar-refractivity contribution >= 4 is 28.3 Å². The number of anilines is 1. The lowest BCUT2D eigenvalue weighted by molar-refractivity contribution is -0.123. The lowest BCUT2D eigenvalue weighted by Gasteiger charge is -2.15. The van der Waals surface area contributed by atoms with Crippen molar-refractivity contribution in [1.82, 2.24) is 5.32 Å². The number of hydrogen-bond donors (Lipinski definition) is 2. The SMILES string of the molecule is COc1ccccc1NC(=O)c1cc2ccccc2cc1OCC(=O)NCc1ccc(C)c(F)c1. The topological polar surface area (TPSA) is 76.7 Å². The van der Waals surface area contributed by atoms with Gasteiger partial charge in [0.25, 0.3) is 11.8 Å². The van der Waals surface area contributed by atoms with E-state index in [1.54, 1.807) is 49.4 Å². The third kappa shape index (κ3) is 5.76. The summed E-state index contributed by atoms with van der Waals surface area (Å²) < 4.78 is 24.8. The maximum atomic E-state index is 13.7. The van der Waals surface area contributed by atoms with E-state index in [4.69, 9.17) is 9.47 Å². The van der Waals surface area contributed by atoms with Crippen LogP contribution >= 0.6 is 0 Å². The predicted octanol–water partition coefficient (Wildman–Crippen LogP) is 5.24. The molecule has 0 radical (unpaired) electrons. The van der Waals surface area contributed by atoms with Crippen molar-refractivity contribution in [3.05, 3.63) is 101 Å². The second kappa shape index (κ2) is 10.7. The van der Waals surface area contributed by atoms with E-state index in [1.165, 1.54) is 13.2 Å². The first-order chi connectivity index (χ1) is 16.9. The van der Waals surface area contributed by atoms with Gasteiger partial charge in [0.2, 0.25) is 0 Å². The predicted molar refractivity (Wildman–Crippen MR) is 133 cm³/mol. The maximum absolute atomic E-state index is 13.7. The Morgan fingerprint density at radius 1 is 0.886 bits per heavy atom. The third-order valence-corrected chi connectivity index (χ3v) is 5.53. The fourth-order valence-corrected chi connectivity index (χ4v) is 3.60. The summed E-state index contributed by atoms with van der Waals surface area (Å²) in [6.45, 7) is 1.54. The molecular formula is C28H25FN2O4. The highest BCUT2D eigenvalue weighted by Gasteiger charge is 2.17. The zero-order valence-corrected chi connectivity index (χ0v) is 19.4. The quantitative estimate of drug-likeness (QED) is 0.368. The van der Waals surface area contributed by atoms with Gasteiger partial charge in [0.15, 0.2) is 6.61 Å². The van der Waals surface area contributed by atoms with E-state index in [1.807, 2.05) is 30.3 Å². The number of amides is 2. The second-order valence-electron chi connectivity index (χ2n) is 8.00. The normalized spacial score (nSPS) is 10.6. The number of carbonyl (C=O) groups is 2. The summed E-state index contributed by atoms with van der Waals surface area (Å²) in [7, 11) is 1.53. The molecule has 35 heavy (non-hydrogen) atoms. The summed E-state index contributed by atoms with van der Waals surface area (Å²) in [5.74, 6) is -0.320. The van der Waals surface area contributed by atoms with Crippen LogP contribution in [-0.4, -0.2) is 25.5 Å². The van der Waals surface area contributed by atoms with Gasteiger partial charge in [-0.15, -0.1) is 0 Å². The Morgan fingerprint density at radius 2 is 1.60 bits per heavy atom. The Morgan fingerprint density at radius 3 is 2.34 bits per heavy atom. The number of aryl methyl sites for hydroxylation is 1. The molecule has 0 saturated carbocycles. The van der Waals surface area contributed by atoms with E-state index in [0.717, 1.165) is 10.8 Å². The number of methoxy groups -OCH3 is 1. The zero-order valence-electron chi connectivity index (χ0n) is 19.4. The van der Waals surface area contributed by atoms with Crippen LogP contribution < -0.4 is 20.1 Å². The Kier molecular flexibility index (Phi) is 7.26. The van der Waals surface area contributed by atoms with Crippen LogP contribution in [0.25, 0.3) is 10.8 Å². The van der Waals surface area contributed by atoms with E-state index in [9.17, 15) is 14.0 Å². The fraction of sp³-hybridized carbons (Fsp3) is 0.143. The summed E-state index contributed by atoms with van der Waals surface area (Å²) in [4.78, 5) is 25.6. The Balaban J connectivity index is 1.51. The minimum absolute atomic E-state index is 0.165. The van der Waals surface area contributed by atoms with Crippen LogP contribution in [0.4, 0.5) is 10.1 Å². The van der Waals surface area contributed by atoms with Crippen molar-refractivity contribution < 1.29 is 23.5 Å². The molecule has 0 fully saturated rings. The highest BCUT2D eigenvalue weighted by Crippen LogP contribution is 2.29. The van der Waals surface area contributed by atoms with Crippen molar-refractivity contribution in [2.75, 3.05) is 19.0 Å². The summed E-state index contributed by atoms with van der Waals surface area (Å²) >= 11 is 0. The molecule has 0 aliphatic heterocycles. The van der Waals surface area contributed by atoms with Gasteiger partial charge in [0.05, 0.1) is 18.4 Å². The molecule has 0 atom stereocenters. The zero-order chi connectivity index (χ0) is 24.8. The molecule has 4 rings (SSSR count). The van der Waals surface area contributed by atoms with E-state index < -0.39 is 11.8 Å². The maximum Gasteiger partial charge on any atom is 0.259 e. The molecule has 0 heterocycles. The van der Waals surface area contributed by atoms with E-state index >= 15 is 0 Å². The van der Waals surface area contributed by atoms with Crippen LogP contribution in [0.15, 0.2) is 78.9 Å². The molecule has 0 aliphatic rings. The number of carbonyl (C=O) groups excluding carboxylic acids is 2. The van der Waals surface area contributed by atoms with Gasteiger partial charge in [-0.25, -0.2) is 4.39 Å². The second-order valence-corrected chi connectivity index (χ2v) is 8.00. The number of benzene rings is 4. The van der Waals surface area contributed by atoms with Crippen LogP contribution in [-0.2, 0) is 11.3 Å². The van der Waals surface area contributed by atoms with Crippen molar-refractivity contribution in [2.24, 2.45) is 0 Å². The lowest BCUT2D eigenvalue weighted by Crippen LogP contribution is -2.29. The Bertz CT molecular complexity index is 1390.